The second-order valence-corrected chi connectivity index (χ2v) is 6.15. The van der Waals surface area contributed by atoms with Crippen LogP contribution in [0, 0.1) is 0 Å². The molecule has 0 atom stereocenters. The summed E-state index contributed by atoms with van der Waals surface area (Å²) in [6.07, 6.45) is 2.56. The van der Waals surface area contributed by atoms with Crippen LogP contribution in [0.2, 0.25) is 0 Å². The number of methoxy groups -OCH3 is 1. The Morgan fingerprint density at radius 3 is 2.67 bits per heavy atom. The van der Waals surface area contributed by atoms with Crippen molar-refractivity contribution in [3.63, 3.8) is 0 Å². The van der Waals surface area contributed by atoms with Crippen LogP contribution >= 0.6 is 27.3 Å². The van der Waals surface area contributed by atoms with Crippen LogP contribution in [0.25, 0.3) is 16.3 Å². The molecule has 0 fully saturated rings. The van der Waals surface area contributed by atoms with Gasteiger partial charge in [0, 0.05) is 16.0 Å². The molecule has 2 heterocycles. The average molecular weight is 363 g/mol. The largest absolute Gasteiger partial charge is 0.497 e. The van der Waals surface area contributed by atoms with Crippen molar-refractivity contribution >= 4 is 33.6 Å². The molecule has 0 aliphatic heterocycles. The van der Waals surface area contributed by atoms with E-state index in [9.17, 15) is 4.79 Å². The van der Waals surface area contributed by atoms with E-state index < -0.39 is 0 Å². The van der Waals surface area contributed by atoms with Crippen LogP contribution in [-0.4, -0.2) is 23.2 Å². The highest BCUT2D eigenvalue weighted by atomic mass is 79.9. The summed E-state index contributed by atoms with van der Waals surface area (Å²) < 4.78 is 7.82. The van der Waals surface area contributed by atoms with Gasteiger partial charge >= 0.3 is 0 Å². The van der Waals surface area contributed by atoms with Gasteiger partial charge in [0.25, 0.3) is 0 Å². The van der Waals surface area contributed by atoms with Crippen molar-refractivity contribution in [3.8, 4) is 22.0 Å². The SMILES string of the molecule is COc1ccc(-n2cc(C=O)c(-c3cc(Br)cs3)n2)cc1. The van der Waals surface area contributed by atoms with E-state index in [1.165, 1.54) is 0 Å². The molecule has 3 rings (SSSR count). The zero-order valence-electron chi connectivity index (χ0n) is 11.1. The van der Waals surface area contributed by atoms with Crippen molar-refractivity contribution in [2.45, 2.75) is 0 Å². The van der Waals surface area contributed by atoms with E-state index in [1.807, 2.05) is 35.7 Å². The van der Waals surface area contributed by atoms with Crippen molar-refractivity contribution in [2.75, 3.05) is 7.11 Å². The number of carbonyl (C=O) groups is 1. The molecule has 0 saturated heterocycles. The van der Waals surface area contributed by atoms with Gasteiger partial charge in [0.2, 0.25) is 0 Å². The van der Waals surface area contributed by atoms with Gasteiger partial charge in [-0.15, -0.1) is 11.3 Å². The standard InChI is InChI=1S/C15H11BrN2O2S/c1-20-13-4-2-12(3-5-13)18-7-10(8-19)15(17-18)14-6-11(16)9-21-14/h2-9H,1H3. The van der Waals surface area contributed by atoms with Crippen LogP contribution < -0.4 is 4.74 Å². The number of hydrogen-bond donors (Lipinski definition) is 0. The number of nitrogens with zero attached hydrogens (tertiary/aromatic N) is 2. The van der Waals surface area contributed by atoms with Gasteiger partial charge in [-0.3, -0.25) is 4.79 Å². The van der Waals surface area contributed by atoms with E-state index in [0.717, 1.165) is 27.1 Å². The van der Waals surface area contributed by atoms with Gasteiger partial charge in [-0.05, 0) is 46.3 Å². The lowest BCUT2D eigenvalue weighted by Gasteiger charge is -2.03. The summed E-state index contributed by atoms with van der Waals surface area (Å²) in [7, 11) is 1.63. The number of halogens is 1. The Hall–Kier alpha value is -1.92. The molecule has 2 aromatic heterocycles. The molecule has 4 nitrogen and oxygen atoms in total. The first kappa shape index (κ1) is 14.0. The number of hydrogen-bond acceptors (Lipinski definition) is 4. The Balaban J connectivity index is 2.04. The molecule has 0 saturated carbocycles. The van der Waals surface area contributed by atoms with Gasteiger partial charge in [-0.2, -0.15) is 5.10 Å². The van der Waals surface area contributed by atoms with Gasteiger partial charge in [0.05, 0.1) is 23.2 Å². The minimum Gasteiger partial charge on any atom is -0.497 e. The zero-order valence-corrected chi connectivity index (χ0v) is 13.5. The van der Waals surface area contributed by atoms with Crippen molar-refractivity contribution < 1.29 is 9.53 Å². The van der Waals surface area contributed by atoms with E-state index in [2.05, 4.69) is 21.0 Å². The average Bonchev–Trinajstić information content (AvgIpc) is 3.13. The number of benzene rings is 1. The first-order valence-electron chi connectivity index (χ1n) is 6.15. The fourth-order valence-electron chi connectivity index (χ4n) is 1.97. The van der Waals surface area contributed by atoms with Crippen LogP contribution in [0.4, 0.5) is 0 Å². The monoisotopic (exact) mass is 362 g/mol. The molecule has 1 aromatic carbocycles. The Morgan fingerprint density at radius 2 is 2.10 bits per heavy atom. The molecule has 0 aliphatic carbocycles. The number of aromatic nitrogens is 2. The van der Waals surface area contributed by atoms with Crippen LogP contribution in [0.1, 0.15) is 10.4 Å². The molecule has 3 aromatic rings. The number of thiophene rings is 1. The van der Waals surface area contributed by atoms with E-state index in [1.54, 1.807) is 29.3 Å². The lowest BCUT2D eigenvalue weighted by Crippen LogP contribution is -1.94. The summed E-state index contributed by atoms with van der Waals surface area (Å²) in [6.45, 7) is 0. The van der Waals surface area contributed by atoms with E-state index in [0.29, 0.717) is 11.3 Å². The van der Waals surface area contributed by atoms with Gasteiger partial charge in [-0.1, -0.05) is 0 Å². The third-order valence-electron chi connectivity index (χ3n) is 3.01. The first-order valence-corrected chi connectivity index (χ1v) is 7.82. The highest BCUT2D eigenvalue weighted by molar-refractivity contribution is 9.10. The molecule has 106 valence electrons. The maximum Gasteiger partial charge on any atom is 0.153 e. The van der Waals surface area contributed by atoms with Gasteiger partial charge < -0.3 is 4.74 Å². The third kappa shape index (κ3) is 2.77. The predicted octanol–water partition coefficient (Wildman–Crippen LogP) is 4.18. The normalized spacial score (nSPS) is 10.6. The maximum atomic E-state index is 11.3. The summed E-state index contributed by atoms with van der Waals surface area (Å²) in [5.74, 6) is 0.781. The Kier molecular flexibility index (Phi) is 3.90. The Bertz CT molecular complexity index is 777. The van der Waals surface area contributed by atoms with E-state index in [4.69, 9.17) is 4.74 Å². The highest BCUT2D eigenvalue weighted by Crippen LogP contribution is 2.31. The minimum absolute atomic E-state index is 0.570. The topological polar surface area (TPSA) is 44.1 Å². The number of ether oxygens (including phenoxy) is 1. The predicted molar refractivity (Wildman–Crippen MR) is 86.5 cm³/mol. The second kappa shape index (κ2) is 5.83. The minimum atomic E-state index is 0.570. The number of carbonyl (C=O) groups excluding carboxylic acids is 1. The summed E-state index contributed by atoms with van der Waals surface area (Å²) >= 11 is 4.96. The first-order chi connectivity index (χ1) is 10.2. The molecular weight excluding hydrogens is 352 g/mol. The molecule has 0 aliphatic rings. The van der Waals surface area contributed by atoms with Crippen molar-refractivity contribution in [3.05, 3.63) is 51.9 Å². The lowest BCUT2D eigenvalue weighted by atomic mass is 10.2. The molecule has 0 unspecified atom stereocenters. The molecule has 0 amide bonds. The van der Waals surface area contributed by atoms with Crippen LogP contribution in [0.15, 0.2) is 46.4 Å². The molecule has 0 N–H and O–H groups in total. The maximum absolute atomic E-state index is 11.3. The summed E-state index contributed by atoms with van der Waals surface area (Å²) in [5.41, 5.74) is 2.14. The molecular formula is C15H11BrN2O2S. The van der Waals surface area contributed by atoms with Gasteiger partial charge in [0.1, 0.15) is 11.4 Å². The van der Waals surface area contributed by atoms with Gasteiger partial charge in [-0.25, -0.2) is 4.68 Å². The fraction of sp³-hybridized carbons (Fsp3) is 0.0667. The van der Waals surface area contributed by atoms with Crippen LogP contribution in [-0.2, 0) is 0 Å². The third-order valence-corrected chi connectivity index (χ3v) is 4.71. The van der Waals surface area contributed by atoms with Crippen molar-refractivity contribution in [2.24, 2.45) is 0 Å². The smallest absolute Gasteiger partial charge is 0.153 e. The van der Waals surface area contributed by atoms with Crippen LogP contribution in [0.5, 0.6) is 5.75 Å². The number of aldehydes is 1. The van der Waals surface area contributed by atoms with Gasteiger partial charge in [0.15, 0.2) is 6.29 Å². The molecule has 21 heavy (non-hydrogen) atoms. The number of rotatable bonds is 4. The highest BCUT2D eigenvalue weighted by Gasteiger charge is 2.13. The molecule has 0 spiro atoms. The summed E-state index contributed by atoms with van der Waals surface area (Å²) in [6, 6.07) is 9.47. The van der Waals surface area contributed by atoms with E-state index >= 15 is 0 Å². The zero-order chi connectivity index (χ0) is 14.8. The fourth-order valence-corrected chi connectivity index (χ4v) is 3.40. The Morgan fingerprint density at radius 1 is 1.33 bits per heavy atom. The molecule has 0 bridgehead atoms. The molecule has 0 radical (unpaired) electrons. The Labute approximate surface area is 134 Å². The van der Waals surface area contributed by atoms with E-state index in [-0.39, 0.29) is 0 Å². The van der Waals surface area contributed by atoms with Crippen LogP contribution in [0.3, 0.4) is 0 Å². The summed E-state index contributed by atoms with van der Waals surface area (Å²) in [5, 5.41) is 6.49. The lowest BCUT2D eigenvalue weighted by molar-refractivity contribution is 0.112. The molecule has 6 heteroatoms. The quantitative estimate of drug-likeness (QED) is 0.653. The summed E-state index contributed by atoms with van der Waals surface area (Å²) in [4.78, 5) is 12.2. The van der Waals surface area contributed by atoms with Crippen molar-refractivity contribution in [1.29, 1.82) is 0 Å². The van der Waals surface area contributed by atoms with Crippen molar-refractivity contribution in [1.82, 2.24) is 9.78 Å². The second-order valence-electron chi connectivity index (χ2n) is 4.32.